The van der Waals surface area contributed by atoms with Crippen molar-refractivity contribution < 1.29 is 9.59 Å². The van der Waals surface area contributed by atoms with Gasteiger partial charge < -0.3 is 9.80 Å². The van der Waals surface area contributed by atoms with Crippen LogP contribution >= 0.6 is 0 Å². The number of hydrogen-bond donors (Lipinski definition) is 0. The van der Waals surface area contributed by atoms with E-state index in [1.807, 2.05) is 23.2 Å². The summed E-state index contributed by atoms with van der Waals surface area (Å²) in [6, 6.07) is 4.39. The Labute approximate surface area is 175 Å². The van der Waals surface area contributed by atoms with E-state index in [-0.39, 0.29) is 11.9 Å². The Morgan fingerprint density at radius 3 is 2.48 bits per heavy atom. The highest BCUT2D eigenvalue weighted by molar-refractivity contribution is 6.07. The molecule has 6 nitrogen and oxygen atoms in total. The lowest BCUT2D eigenvalue weighted by Crippen LogP contribution is -2.58. The molecule has 1 unspecified atom stereocenters. The third-order valence-corrected chi connectivity index (χ3v) is 6.58. The zero-order valence-corrected chi connectivity index (χ0v) is 18.4. The molecule has 2 saturated heterocycles. The van der Waals surface area contributed by atoms with Gasteiger partial charge in [0, 0.05) is 44.6 Å². The number of nitrogens with zero attached hydrogens (tertiary/aromatic N) is 4. The minimum Gasteiger partial charge on any atom is -0.309 e. The number of imide groups is 1. The minimum absolute atomic E-state index is 0.0261. The molecule has 1 atom stereocenters. The van der Waals surface area contributed by atoms with E-state index >= 15 is 0 Å². The van der Waals surface area contributed by atoms with E-state index in [0.717, 1.165) is 50.8 Å². The molecule has 0 bridgehead atoms. The largest absolute Gasteiger partial charge is 0.327 e. The van der Waals surface area contributed by atoms with Gasteiger partial charge in [-0.25, -0.2) is 4.79 Å². The SMILES string of the molecule is CCC(C)N1CCC2(CC1)C(=O)N(CCCc1cccnc1)C(=O)N2CC(C)C. The highest BCUT2D eigenvalue weighted by atomic mass is 16.2. The Morgan fingerprint density at radius 1 is 1.17 bits per heavy atom. The van der Waals surface area contributed by atoms with Gasteiger partial charge in [0.1, 0.15) is 5.54 Å². The van der Waals surface area contributed by atoms with E-state index < -0.39 is 5.54 Å². The lowest BCUT2D eigenvalue weighted by Gasteiger charge is -2.44. The van der Waals surface area contributed by atoms with Gasteiger partial charge in [0.05, 0.1) is 0 Å². The van der Waals surface area contributed by atoms with E-state index in [1.165, 1.54) is 4.90 Å². The molecular weight excluding hydrogens is 364 g/mol. The standard InChI is InChI=1S/C23H36N4O2/c1-5-19(4)25-14-10-23(11-15-25)21(28)26(22(29)27(23)17-18(2)3)13-7-9-20-8-6-12-24-16-20/h6,8,12,16,18-19H,5,7,9-11,13-15,17H2,1-4H3. The van der Waals surface area contributed by atoms with Crippen molar-refractivity contribution in [3.63, 3.8) is 0 Å². The zero-order chi connectivity index (χ0) is 21.0. The summed E-state index contributed by atoms with van der Waals surface area (Å²) in [4.78, 5) is 36.8. The van der Waals surface area contributed by atoms with Gasteiger partial charge in [-0.05, 0) is 56.6 Å². The highest BCUT2D eigenvalue weighted by Gasteiger charge is 2.57. The maximum absolute atomic E-state index is 13.5. The van der Waals surface area contributed by atoms with Gasteiger partial charge in [-0.3, -0.25) is 14.7 Å². The summed E-state index contributed by atoms with van der Waals surface area (Å²) < 4.78 is 0. The topological polar surface area (TPSA) is 56.8 Å². The lowest BCUT2D eigenvalue weighted by atomic mass is 9.84. The monoisotopic (exact) mass is 400 g/mol. The van der Waals surface area contributed by atoms with E-state index in [9.17, 15) is 9.59 Å². The first-order valence-corrected chi connectivity index (χ1v) is 11.2. The molecule has 0 aliphatic carbocycles. The van der Waals surface area contributed by atoms with E-state index in [2.05, 4.69) is 37.6 Å². The predicted octanol–water partition coefficient (Wildman–Crippen LogP) is 3.57. The van der Waals surface area contributed by atoms with Crippen molar-refractivity contribution in [2.24, 2.45) is 5.92 Å². The summed E-state index contributed by atoms with van der Waals surface area (Å²) in [5, 5.41) is 0. The summed E-state index contributed by atoms with van der Waals surface area (Å²) >= 11 is 0. The van der Waals surface area contributed by atoms with Gasteiger partial charge >= 0.3 is 6.03 Å². The normalized spacial score (nSPS) is 20.9. The molecular formula is C23H36N4O2. The van der Waals surface area contributed by atoms with Crippen LogP contribution in [0.25, 0.3) is 0 Å². The van der Waals surface area contributed by atoms with E-state index in [1.54, 1.807) is 6.20 Å². The number of rotatable bonds is 8. The maximum Gasteiger partial charge on any atom is 0.327 e. The third kappa shape index (κ3) is 4.47. The maximum atomic E-state index is 13.5. The van der Waals surface area contributed by atoms with Crippen molar-refractivity contribution in [1.82, 2.24) is 19.7 Å². The number of carbonyl (C=O) groups excluding carboxylic acids is 2. The van der Waals surface area contributed by atoms with Gasteiger partial charge in [-0.15, -0.1) is 0 Å². The molecule has 2 aliphatic heterocycles. The van der Waals surface area contributed by atoms with Crippen molar-refractivity contribution in [1.29, 1.82) is 0 Å². The van der Waals surface area contributed by atoms with Crippen LogP contribution < -0.4 is 0 Å². The Kier molecular flexibility index (Phi) is 6.93. The summed E-state index contributed by atoms with van der Waals surface area (Å²) in [6.07, 6.45) is 7.80. The van der Waals surface area contributed by atoms with Crippen LogP contribution in [0.5, 0.6) is 0 Å². The van der Waals surface area contributed by atoms with Crippen LogP contribution in [-0.4, -0.2) is 69.4 Å². The molecule has 1 spiro atoms. The van der Waals surface area contributed by atoms with Crippen LogP contribution in [-0.2, 0) is 11.2 Å². The number of hydrogen-bond acceptors (Lipinski definition) is 4. The molecule has 0 N–H and O–H groups in total. The number of likely N-dealkylation sites (tertiary alicyclic amines) is 1. The quantitative estimate of drug-likeness (QED) is 0.626. The van der Waals surface area contributed by atoms with Crippen LogP contribution in [0.2, 0.25) is 0 Å². The van der Waals surface area contributed by atoms with Gasteiger partial charge in [0.2, 0.25) is 0 Å². The fourth-order valence-electron chi connectivity index (χ4n) is 4.66. The molecule has 0 aromatic carbocycles. The number of aryl methyl sites for hydroxylation is 1. The molecule has 29 heavy (non-hydrogen) atoms. The summed E-state index contributed by atoms with van der Waals surface area (Å²) in [6.45, 7) is 11.6. The molecule has 3 rings (SSSR count). The van der Waals surface area contributed by atoms with Crippen LogP contribution in [0.4, 0.5) is 4.79 Å². The average molecular weight is 401 g/mol. The zero-order valence-electron chi connectivity index (χ0n) is 18.4. The van der Waals surface area contributed by atoms with Crippen molar-refractivity contribution in [3.8, 4) is 0 Å². The summed E-state index contributed by atoms with van der Waals surface area (Å²) in [5.74, 6) is 0.365. The Morgan fingerprint density at radius 2 is 1.90 bits per heavy atom. The van der Waals surface area contributed by atoms with Crippen LogP contribution in [0.3, 0.4) is 0 Å². The molecule has 1 aromatic rings. The molecule has 2 aliphatic rings. The van der Waals surface area contributed by atoms with Gasteiger partial charge in [-0.1, -0.05) is 26.8 Å². The fraction of sp³-hybridized carbons (Fsp3) is 0.696. The molecule has 1 aromatic heterocycles. The van der Waals surface area contributed by atoms with Gasteiger partial charge in [0.25, 0.3) is 5.91 Å². The third-order valence-electron chi connectivity index (χ3n) is 6.58. The molecule has 160 valence electrons. The Bertz CT molecular complexity index is 698. The van der Waals surface area contributed by atoms with Crippen LogP contribution in [0.1, 0.15) is 58.9 Å². The number of aromatic nitrogens is 1. The summed E-state index contributed by atoms with van der Waals surface area (Å²) in [5.41, 5.74) is 0.502. The second-order valence-corrected chi connectivity index (χ2v) is 9.03. The fourth-order valence-corrected chi connectivity index (χ4v) is 4.66. The van der Waals surface area contributed by atoms with Gasteiger partial charge in [-0.2, -0.15) is 0 Å². The van der Waals surface area contributed by atoms with Crippen LogP contribution in [0, 0.1) is 5.92 Å². The summed E-state index contributed by atoms with van der Waals surface area (Å²) in [7, 11) is 0. The first-order chi connectivity index (χ1) is 13.9. The number of amides is 3. The van der Waals surface area contributed by atoms with Crippen LogP contribution in [0.15, 0.2) is 24.5 Å². The second-order valence-electron chi connectivity index (χ2n) is 9.03. The first-order valence-electron chi connectivity index (χ1n) is 11.2. The Balaban J connectivity index is 1.71. The van der Waals surface area contributed by atoms with Crippen molar-refractivity contribution in [2.45, 2.75) is 71.4 Å². The molecule has 0 saturated carbocycles. The molecule has 0 radical (unpaired) electrons. The number of pyridine rings is 1. The molecule has 3 heterocycles. The van der Waals surface area contributed by atoms with Crippen molar-refractivity contribution in [3.05, 3.63) is 30.1 Å². The number of carbonyl (C=O) groups is 2. The highest BCUT2D eigenvalue weighted by Crippen LogP contribution is 2.38. The first kappa shape index (κ1) is 21.8. The van der Waals surface area contributed by atoms with E-state index in [4.69, 9.17) is 0 Å². The van der Waals surface area contributed by atoms with E-state index in [0.29, 0.717) is 25.0 Å². The van der Waals surface area contributed by atoms with Crippen molar-refractivity contribution in [2.75, 3.05) is 26.2 Å². The number of piperidine rings is 1. The predicted molar refractivity (Wildman–Crippen MR) is 115 cm³/mol. The number of urea groups is 1. The Hall–Kier alpha value is -1.95. The van der Waals surface area contributed by atoms with Gasteiger partial charge in [0.15, 0.2) is 0 Å². The molecule has 2 fully saturated rings. The molecule has 3 amide bonds. The minimum atomic E-state index is -0.639. The second kappa shape index (κ2) is 9.24. The van der Waals surface area contributed by atoms with Crippen molar-refractivity contribution >= 4 is 11.9 Å². The lowest BCUT2D eigenvalue weighted by molar-refractivity contribution is -0.136. The molecule has 6 heteroatoms. The smallest absolute Gasteiger partial charge is 0.309 e. The average Bonchev–Trinajstić information content (AvgIpc) is 2.90.